The monoisotopic (exact) mass is 256 g/mol. The Bertz CT molecular complexity index is 393. The number of anilines is 1. The fourth-order valence-corrected chi connectivity index (χ4v) is 2.04. The Kier molecular flexibility index (Phi) is 2.41. The number of hydrogen-bond donors (Lipinski definition) is 2. The second kappa shape index (κ2) is 3.57. The summed E-state index contributed by atoms with van der Waals surface area (Å²) in [4.78, 5) is 14.8. The van der Waals surface area contributed by atoms with E-state index >= 15 is 0 Å². The number of nitrogens with one attached hydrogen (secondary N) is 1. The van der Waals surface area contributed by atoms with Crippen molar-refractivity contribution in [2.45, 2.75) is 12.8 Å². The Morgan fingerprint density at radius 1 is 1.64 bits per heavy atom. The average molecular weight is 257 g/mol. The molecule has 0 spiro atoms. The Hall–Kier alpha value is -1.10. The van der Waals surface area contributed by atoms with Crippen molar-refractivity contribution in [1.29, 1.82) is 0 Å². The zero-order chi connectivity index (χ0) is 10.1. The fourth-order valence-electron chi connectivity index (χ4n) is 1.51. The molecule has 14 heavy (non-hydrogen) atoms. The van der Waals surface area contributed by atoms with Crippen molar-refractivity contribution in [3.63, 3.8) is 0 Å². The number of nitrogens with zero attached hydrogens (tertiary/aromatic N) is 1. The molecular formula is C9H9BrN2O2. The number of hydrogen-bond acceptors (Lipinski definition) is 3. The summed E-state index contributed by atoms with van der Waals surface area (Å²) in [5, 5.41) is 11.9. The van der Waals surface area contributed by atoms with Gasteiger partial charge in [-0.1, -0.05) is 0 Å². The van der Waals surface area contributed by atoms with E-state index in [9.17, 15) is 4.79 Å². The summed E-state index contributed by atoms with van der Waals surface area (Å²) in [6.07, 6.45) is 2.02. The molecule has 1 aromatic rings. The zero-order valence-electron chi connectivity index (χ0n) is 7.38. The Balaban J connectivity index is 2.50. The molecule has 1 aliphatic rings. The van der Waals surface area contributed by atoms with E-state index in [1.54, 1.807) is 0 Å². The smallest absolute Gasteiger partial charge is 0.355 e. The molecule has 4 nitrogen and oxygen atoms in total. The maximum absolute atomic E-state index is 10.8. The van der Waals surface area contributed by atoms with Crippen molar-refractivity contribution >= 4 is 27.7 Å². The molecule has 0 aliphatic carbocycles. The lowest BCUT2D eigenvalue weighted by Gasteiger charge is -2.17. The molecule has 0 aromatic carbocycles. The van der Waals surface area contributed by atoms with Crippen LogP contribution < -0.4 is 5.32 Å². The summed E-state index contributed by atoms with van der Waals surface area (Å²) < 4.78 is 0.549. The molecule has 0 amide bonds. The van der Waals surface area contributed by atoms with Crippen molar-refractivity contribution in [2.75, 3.05) is 11.9 Å². The van der Waals surface area contributed by atoms with Crippen LogP contribution in [0.2, 0.25) is 0 Å². The largest absolute Gasteiger partial charge is 0.476 e. The normalized spacial score (nSPS) is 14.4. The van der Waals surface area contributed by atoms with E-state index in [-0.39, 0.29) is 5.69 Å². The maximum atomic E-state index is 10.8. The van der Waals surface area contributed by atoms with Gasteiger partial charge in [0, 0.05) is 6.54 Å². The van der Waals surface area contributed by atoms with E-state index in [0.29, 0.717) is 10.3 Å². The van der Waals surface area contributed by atoms with Crippen molar-refractivity contribution in [3.05, 3.63) is 21.8 Å². The molecule has 1 aliphatic heterocycles. The van der Waals surface area contributed by atoms with E-state index in [1.165, 1.54) is 0 Å². The number of carboxylic acid groups (broad SMARTS) is 1. The minimum atomic E-state index is -1.01. The van der Waals surface area contributed by atoms with Gasteiger partial charge >= 0.3 is 5.97 Å². The van der Waals surface area contributed by atoms with Crippen molar-refractivity contribution in [2.24, 2.45) is 0 Å². The molecule has 74 valence electrons. The van der Waals surface area contributed by atoms with Crippen LogP contribution in [-0.2, 0) is 6.42 Å². The molecule has 0 fully saturated rings. The number of fused-ring (bicyclic) bond motifs is 1. The maximum Gasteiger partial charge on any atom is 0.355 e. The van der Waals surface area contributed by atoms with E-state index in [0.717, 1.165) is 24.9 Å². The minimum Gasteiger partial charge on any atom is -0.476 e. The molecule has 0 bridgehead atoms. The van der Waals surface area contributed by atoms with Crippen LogP contribution in [0.1, 0.15) is 22.5 Å². The van der Waals surface area contributed by atoms with Crippen LogP contribution in [0.15, 0.2) is 10.5 Å². The van der Waals surface area contributed by atoms with Gasteiger partial charge < -0.3 is 10.4 Å². The highest BCUT2D eigenvalue weighted by Crippen LogP contribution is 2.25. The van der Waals surface area contributed by atoms with Crippen molar-refractivity contribution in [1.82, 2.24) is 4.98 Å². The van der Waals surface area contributed by atoms with Crippen LogP contribution in [0.5, 0.6) is 0 Å². The number of rotatable bonds is 1. The van der Waals surface area contributed by atoms with Gasteiger partial charge in [-0.15, -0.1) is 0 Å². The molecule has 0 saturated carbocycles. The molecule has 0 radical (unpaired) electrons. The quantitative estimate of drug-likeness (QED) is 0.806. The SMILES string of the molecule is O=C(O)c1nc2c(cc1Br)CCCN2. The summed E-state index contributed by atoms with van der Waals surface area (Å²) in [6.45, 7) is 0.862. The summed E-state index contributed by atoms with van der Waals surface area (Å²) in [6, 6.07) is 1.83. The van der Waals surface area contributed by atoms with Gasteiger partial charge in [0.15, 0.2) is 5.69 Å². The molecule has 0 saturated heterocycles. The molecule has 5 heteroatoms. The second-order valence-electron chi connectivity index (χ2n) is 3.16. The first-order chi connectivity index (χ1) is 6.68. The van der Waals surface area contributed by atoms with Gasteiger partial charge in [0.25, 0.3) is 0 Å². The number of halogens is 1. The van der Waals surface area contributed by atoms with E-state index in [1.807, 2.05) is 6.07 Å². The predicted octanol–water partition coefficient (Wildman–Crippen LogP) is 1.90. The second-order valence-corrected chi connectivity index (χ2v) is 4.02. The summed E-state index contributed by atoms with van der Waals surface area (Å²) in [5.74, 6) is -0.302. The van der Waals surface area contributed by atoms with Gasteiger partial charge in [0.1, 0.15) is 5.82 Å². The first-order valence-corrected chi connectivity index (χ1v) is 5.14. The van der Waals surface area contributed by atoms with Gasteiger partial charge in [-0.25, -0.2) is 9.78 Å². The molecule has 2 N–H and O–H groups in total. The van der Waals surface area contributed by atoms with Crippen LogP contribution >= 0.6 is 15.9 Å². The van der Waals surface area contributed by atoms with Gasteiger partial charge in [0.05, 0.1) is 4.47 Å². The lowest BCUT2D eigenvalue weighted by atomic mass is 10.1. The van der Waals surface area contributed by atoms with Gasteiger partial charge in [-0.05, 0) is 40.4 Å². The fraction of sp³-hybridized carbons (Fsp3) is 0.333. The van der Waals surface area contributed by atoms with Crippen LogP contribution in [0.25, 0.3) is 0 Å². The van der Waals surface area contributed by atoms with Gasteiger partial charge in [-0.3, -0.25) is 0 Å². The number of pyridine rings is 1. The third kappa shape index (κ3) is 1.59. The number of aryl methyl sites for hydroxylation is 1. The minimum absolute atomic E-state index is 0.0677. The molecular weight excluding hydrogens is 248 g/mol. The number of aromatic carboxylic acids is 1. The van der Waals surface area contributed by atoms with E-state index in [4.69, 9.17) is 5.11 Å². The lowest BCUT2D eigenvalue weighted by molar-refractivity contribution is 0.0689. The molecule has 2 heterocycles. The van der Waals surface area contributed by atoms with Crippen LogP contribution in [0, 0.1) is 0 Å². The standard InChI is InChI=1S/C9H9BrN2O2/c10-6-4-5-2-1-3-11-8(5)12-7(6)9(13)14/h4H,1-3H2,(H,11,12)(H,13,14). The number of carbonyl (C=O) groups is 1. The van der Waals surface area contributed by atoms with Crippen LogP contribution in [0.3, 0.4) is 0 Å². The van der Waals surface area contributed by atoms with Crippen LogP contribution in [0.4, 0.5) is 5.82 Å². The lowest BCUT2D eigenvalue weighted by Crippen LogP contribution is -2.15. The average Bonchev–Trinajstić information content (AvgIpc) is 2.16. The van der Waals surface area contributed by atoms with E-state index in [2.05, 4.69) is 26.2 Å². The zero-order valence-corrected chi connectivity index (χ0v) is 8.97. The van der Waals surface area contributed by atoms with Crippen LogP contribution in [-0.4, -0.2) is 22.6 Å². The molecule has 0 atom stereocenters. The highest BCUT2D eigenvalue weighted by molar-refractivity contribution is 9.10. The Morgan fingerprint density at radius 3 is 3.14 bits per heavy atom. The summed E-state index contributed by atoms with van der Waals surface area (Å²) >= 11 is 3.20. The van der Waals surface area contributed by atoms with E-state index < -0.39 is 5.97 Å². The summed E-state index contributed by atoms with van der Waals surface area (Å²) in [7, 11) is 0. The third-order valence-corrected chi connectivity index (χ3v) is 2.78. The third-order valence-electron chi connectivity index (χ3n) is 2.17. The highest BCUT2D eigenvalue weighted by atomic mass is 79.9. The Labute approximate surface area is 89.5 Å². The number of aromatic nitrogens is 1. The number of carboxylic acids is 1. The van der Waals surface area contributed by atoms with Crippen molar-refractivity contribution < 1.29 is 9.90 Å². The summed E-state index contributed by atoms with van der Waals surface area (Å²) in [5.41, 5.74) is 1.14. The van der Waals surface area contributed by atoms with Gasteiger partial charge in [-0.2, -0.15) is 0 Å². The molecule has 2 rings (SSSR count). The topological polar surface area (TPSA) is 62.2 Å². The van der Waals surface area contributed by atoms with Crippen molar-refractivity contribution in [3.8, 4) is 0 Å². The molecule has 1 aromatic heterocycles. The Morgan fingerprint density at radius 2 is 2.43 bits per heavy atom. The first kappa shape index (κ1) is 9.45. The first-order valence-electron chi connectivity index (χ1n) is 4.35. The highest BCUT2D eigenvalue weighted by Gasteiger charge is 2.17. The predicted molar refractivity (Wildman–Crippen MR) is 55.7 cm³/mol. The molecule has 0 unspecified atom stereocenters. The van der Waals surface area contributed by atoms with Gasteiger partial charge in [0.2, 0.25) is 0 Å².